The van der Waals surface area contributed by atoms with Crippen LogP contribution in [0.3, 0.4) is 0 Å². The summed E-state index contributed by atoms with van der Waals surface area (Å²) in [7, 11) is 0. The van der Waals surface area contributed by atoms with Crippen molar-refractivity contribution in [2.45, 2.75) is 12.5 Å². The SMILES string of the molecule is O=c1cc(CO)oc(C(C[N+](=O)[O-])c2ccccc2)c1O. The maximum absolute atomic E-state index is 11.7. The number of hydrogen-bond donors (Lipinski definition) is 2. The lowest BCUT2D eigenvalue weighted by molar-refractivity contribution is -0.482. The molecule has 1 atom stereocenters. The molecule has 7 heteroatoms. The summed E-state index contributed by atoms with van der Waals surface area (Å²) in [5.74, 6) is -1.87. The van der Waals surface area contributed by atoms with E-state index < -0.39 is 35.2 Å². The summed E-state index contributed by atoms with van der Waals surface area (Å²) >= 11 is 0. The topological polar surface area (TPSA) is 114 Å². The highest BCUT2D eigenvalue weighted by molar-refractivity contribution is 5.35. The monoisotopic (exact) mass is 291 g/mol. The first-order chi connectivity index (χ1) is 10.0. The van der Waals surface area contributed by atoms with Gasteiger partial charge in [-0.25, -0.2) is 0 Å². The van der Waals surface area contributed by atoms with Crippen molar-refractivity contribution in [3.63, 3.8) is 0 Å². The van der Waals surface area contributed by atoms with Crippen LogP contribution in [0.25, 0.3) is 0 Å². The molecule has 2 N–H and O–H groups in total. The van der Waals surface area contributed by atoms with Gasteiger partial charge in [0.1, 0.15) is 18.3 Å². The minimum atomic E-state index is -0.916. The molecule has 0 saturated heterocycles. The molecule has 0 spiro atoms. The normalized spacial score (nSPS) is 12.0. The maximum Gasteiger partial charge on any atom is 0.227 e. The Balaban J connectivity index is 2.59. The number of aromatic hydroxyl groups is 1. The summed E-state index contributed by atoms with van der Waals surface area (Å²) in [4.78, 5) is 22.0. The Hall–Kier alpha value is -2.67. The lowest BCUT2D eigenvalue weighted by Gasteiger charge is -2.14. The second-order valence-electron chi connectivity index (χ2n) is 4.43. The van der Waals surface area contributed by atoms with Gasteiger partial charge in [-0.15, -0.1) is 0 Å². The molecule has 0 aliphatic heterocycles. The van der Waals surface area contributed by atoms with Gasteiger partial charge >= 0.3 is 0 Å². The van der Waals surface area contributed by atoms with Gasteiger partial charge in [-0.05, 0) is 5.56 Å². The molecule has 0 fully saturated rings. The summed E-state index contributed by atoms with van der Waals surface area (Å²) in [6, 6.07) is 9.35. The first-order valence-electron chi connectivity index (χ1n) is 6.16. The third-order valence-electron chi connectivity index (χ3n) is 3.01. The van der Waals surface area contributed by atoms with Gasteiger partial charge in [0, 0.05) is 11.0 Å². The lowest BCUT2D eigenvalue weighted by atomic mass is 9.95. The molecule has 0 amide bonds. The van der Waals surface area contributed by atoms with Gasteiger partial charge in [-0.3, -0.25) is 14.9 Å². The average molecular weight is 291 g/mol. The van der Waals surface area contributed by atoms with Crippen molar-refractivity contribution < 1.29 is 19.6 Å². The molecule has 0 aliphatic carbocycles. The molecular formula is C14H13NO6. The summed E-state index contributed by atoms with van der Waals surface area (Å²) in [5, 5.41) is 29.8. The van der Waals surface area contributed by atoms with E-state index in [9.17, 15) is 20.0 Å². The van der Waals surface area contributed by atoms with Gasteiger partial charge in [0.05, 0.1) is 0 Å². The van der Waals surface area contributed by atoms with Crippen molar-refractivity contribution in [1.29, 1.82) is 0 Å². The fourth-order valence-electron chi connectivity index (χ4n) is 2.04. The minimum absolute atomic E-state index is 0.0583. The molecule has 1 aromatic heterocycles. The van der Waals surface area contributed by atoms with Crippen molar-refractivity contribution in [1.82, 2.24) is 0 Å². The van der Waals surface area contributed by atoms with Crippen LogP contribution >= 0.6 is 0 Å². The number of aliphatic hydroxyl groups is 1. The van der Waals surface area contributed by atoms with Crippen LogP contribution in [0, 0.1) is 10.1 Å². The molecule has 21 heavy (non-hydrogen) atoms. The predicted octanol–water partition coefficient (Wildman–Crippen LogP) is 1.25. The zero-order chi connectivity index (χ0) is 15.4. The molecule has 1 heterocycles. The fraction of sp³-hybridized carbons (Fsp3) is 0.214. The van der Waals surface area contributed by atoms with E-state index in [0.717, 1.165) is 6.07 Å². The van der Waals surface area contributed by atoms with E-state index in [4.69, 9.17) is 9.52 Å². The Morgan fingerprint density at radius 3 is 2.52 bits per heavy atom. The van der Waals surface area contributed by atoms with Crippen LogP contribution in [0.4, 0.5) is 0 Å². The van der Waals surface area contributed by atoms with Gasteiger partial charge < -0.3 is 14.6 Å². The second kappa shape index (κ2) is 6.19. The molecule has 1 unspecified atom stereocenters. The summed E-state index contributed by atoms with van der Waals surface area (Å²) in [6.45, 7) is -1.09. The highest BCUT2D eigenvalue weighted by Gasteiger charge is 2.27. The van der Waals surface area contributed by atoms with Gasteiger partial charge in [0.25, 0.3) is 0 Å². The zero-order valence-electron chi connectivity index (χ0n) is 10.9. The molecule has 1 aromatic carbocycles. The van der Waals surface area contributed by atoms with Crippen molar-refractivity contribution in [3.8, 4) is 5.75 Å². The van der Waals surface area contributed by atoms with E-state index in [1.54, 1.807) is 30.3 Å². The molecule has 2 rings (SSSR count). The molecule has 0 bridgehead atoms. The molecule has 7 nitrogen and oxygen atoms in total. The Morgan fingerprint density at radius 1 is 1.29 bits per heavy atom. The standard InChI is InChI=1S/C14H13NO6/c16-8-10-6-12(17)13(18)14(21-10)11(7-15(19)20)9-4-2-1-3-5-9/h1-6,11,16,18H,7-8H2. The van der Waals surface area contributed by atoms with Gasteiger partial charge in [-0.2, -0.15) is 0 Å². The second-order valence-corrected chi connectivity index (χ2v) is 4.43. The Morgan fingerprint density at radius 2 is 1.95 bits per heavy atom. The van der Waals surface area contributed by atoms with Crippen LogP contribution < -0.4 is 5.43 Å². The number of nitrogens with zero attached hydrogens (tertiary/aromatic N) is 1. The number of aliphatic hydroxyl groups excluding tert-OH is 1. The lowest BCUT2D eigenvalue weighted by Crippen LogP contribution is -2.17. The Kier molecular flexibility index (Phi) is 4.34. The number of hydrogen-bond acceptors (Lipinski definition) is 6. The first-order valence-corrected chi connectivity index (χ1v) is 6.16. The van der Waals surface area contributed by atoms with E-state index in [1.807, 2.05) is 0 Å². The molecule has 2 aromatic rings. The summed E-state index contributed by atoms with van der Waals surface area (Å²) in [6.07, 6.45) is 0. The average Bonchev–Trinajstić information content (AvgIpc) is 2.48. The zero-order valence-corrected chi connectivity index (χ0v) is 10.9. The van der Waals surface area contributed by atoms with Crippen molar-refractivity contribution in [2.24, 2.45) is 0 Å². The van der Waals surface area contributed by atoms with E-state index >= 15 is 0 Å². The van der Waals surface area contributed by atoms with Crippen molar-refractivity contribution in [2.75, 3.05) is 6.54 Å². The van der Waals surface area contributed by atoms with Crippen molar-refractivity contribution in [3.05, 3.63) is 73.8 Å². The Labute approximate surface area is 119 Å². The number of benzene rings is 1. The van der Waals surface area contributed by atoms with Crippen LogP contribution in [0.5, 0.6) is 5.75 Å². The first kappa shape index (κ1) is 14.7. The van der Waals surface area contributed by atoms with Crippen molar-refractivity contribution >= 4 is 0 Å². The number of rotatable bonds is 5. The molecular weight excluding hydrogens is 278 g/mol. The molecule has 0 aliphatic rings. The fourth-order valence-corrected chi connectivity index (χ4v) is 2.04. The van der Waals surface area contributed by atoms with Crippen LogP contribution in [-0.2, 0) is 6.61 Å². The third-order valence-corrected chi connectivity index (χ3v) is 3.01. The largest absolute Gasteiger partial charge is 0.502 e. The van der Waals surface area contributed by atoms with E-state index in [-0.39, 0.29) is 11.5 Å². The molecule has 110 valence electrons. The molecule has 0 radical (unpaired) electrons. The third kappa shape index (κ3) is 3.26. The molecule has 0 saturated carbocycles. The summed E-state index contributed by atoms with van der Waals surface area (Å²) < 4.78 is 5.25. The van der Waals surface area contributed by atoms with E-state index in [0.29, 0.717) is 5.56 Å². The van der Waals surface area contributed by atoms with E-state index in [1.165, 1.54) is 0 Å². The van der Waals surface area contributed by atoms with Gasteiger partial charge in [0.2, 0.25) is 17.7 Å². The Bertz CT molecular complexity index is 694. The quantitative estimate of drug-likeness (QED) is 0.633. The summed E-state index contributed by atoms with van der Waals surface area (Å²) in [5.41, 5.74) is -0.215. The van der Waals surface area contributed by atoms with Gasteiger partial charge in [0.15, 0.2) is 5.76 Å². The van der Waals surface area contributed by atoms with Crippen LogP contribution in [0.1, 0.15) is 23.0 Å². The maximum atomic E-state index is 11.7. The highest BCUT2D eigenvalue weighted by Crippen LogP contribution is 2.30. The highest BCUT2D eigenvalue weighted by atomic mass is 16.6. The van der Waals surface area contributed by atoms with Crippen LogP contribution in [0.15, 0.2) is 45.6 Å². The van der Waals surface area contributed by atoms with Crippen LogP contribution in [0.2, 0.25) is 0 Å². The van der Waals surface area contributed by atoms with E-state index in [2.05, 4.69) is 0 Å². The predicted molar refractivity (Wildman–Crippen MR) is 72.7 cm³/mol. The van der Waals surface area contributed by atoms with Gasteiger partial charge in [-0.1, -0.05) is 30.3 Å². The minimum Gasteiger partial charge on any atom is -0.502 e. The number of nitro groups is 1. The van der Waals surface area contributed by atoms with Crippen LogP contribution in [-0.4, -0.2) is 21.7 Å². The smallest absolute Gasteiger partial charge is 0.227 e.